The van der Waals surface area contributed by atoms with Crippen molar-refractivity contribution in [3.05, 3.63) is 12.2 Å². The van der Waals surface area contributed by atoms with Crippen LogP contribution in [0.15, 0.2) is 12.2 Å². The molecule has 3 amide bonds. The zero-order chi connectivity index (χ0) is 14.5. The summed E-state index contributed by atoms with van der Waals surface area (Å²) >= 11 is 0. The van der Waals surface area contributed by atoms with E-state index in [1.807, 2.05) is 12.2 Å². The number of nitrogens with zero attached hydrogens (tertiary/aromatic N) is 2. The Balaban J connectivity index is 1.89. The second kappa shape index (κ2) is 6.45. The lowest BCUT2D eigenvalue weighted by atomic mass is 10.2. The molecule has 0 saturated carbocycles. The van der Waals surface area contributed by atoms with Crippen LogP contribution in [-0.2, 0) is 19.2 Å². The van der Waals surface area contributed by atoms with Crippen LogP contribution in [-0.4, -0.2) is 52.9 Å². The van der Waals surface area contributed by atoms with E-state index in [1.165, 1.54) is 4.90 Å². The number of imide groups is 1. The first-order chi connectivity index (χ1) is 9.58. The third-order valence-corrected chi connectivity index (χ3v) is 3.47. The Labute approximate surface area is 117 Å². The molecule has 20 heavy (non-hydrogen) atoms. The van der Waals surface area contributed by atoms with E-state index in [0.29, 0.717) is 19.4 Å². The van der Waals surface area contributed by atoms with E-state index >= 15 is 0 Å². The van der Waals surface area contributed by atoms with Gasteiger partial charge in [-0.25, -0.2) is 0 Å². The van der Waals surface area contributed by atoms with Crippen LogP contribution < -0.4 is 0 Å². The molecule has 0 aliphatic carbocycles. The summed E-state index contributed by atoms with van der Waals surface area (Å²) < 4.78 is 0. The number of carbonyl (C=O) groups excluding carboxylic acids is 4. The quantitative estimate of drug-likeness (QED) is 0.546. The number of rotatable bonds is 4. The summed E-state index contributed by atoms with van der Waals surface area (Å²) in [5.74, 6) is -0.927. The van der Waals surface area contributed by atoms with E-state index in [-0.39, 0.29) is 49.4 Å². The van der Waals surface area contributed by atoms with Gasteiger partial charge in [0.25, 0.3) is 0 Å². The fourth-order valence-corrected chi connectivity index (χ4v) is 2.36. The molecule has 0 aromatic carbocycles. The molecular formula is C14H18N2O4. The summed E-state index contributed by atoms with van der Waals surface area (Å²) in [7, 11) is 0. The summed E-state index contributed by atoms with van der Waals surface area (Å²) in [5, 5.41) is 0. The molecule has 0 spiro atoms. The Morgan fingerprint density at radius 1 is 0.900 bits per heavy atom. The lowest BCUT2D eigenvalue weighted by Crippen LogP contribution is -2.42. The number of likely N-dealkylation sites (tertiary alicyclic amines) is 1. The van der Waals surface area contributed by atoms with Gasteiger partial charge < -0.3 is 4.90 Å². The van der Waals surface area contributed by atoms with Crippen molar-refractivity contribution < 1.29 is 19.2 Å². The summed E-state index contributed by atoms with van der Waals surface area (Å²) in [6, 6.07) is 0. The predicted molar refractivity (Wildman–Crippen MR) is 70.5 cm³/mol. The number of amides is 3. The van der Waals surface area contributed by atoms with Gasteiger partial charge in [0.05, 0.1) is 13.1 Å². The van der Waals surface area contributed by atoms with Gasteiger partial charge in [0.1, 0.15) is 0 Å². The van der Waals surface area contributed by atoms with Crippen LogP contribution in [0, 0.1) is 0 Å². The molecular weight excluding hydrogens is 260 g/mol. The van der Waals surface area contributed by atoms with Gasteiger partial charge >= 0.3 is 0 Å². The van der Waals surface area contributed by atoms with Gasteiger partial charge in [0.2, 0.25) is 17.7 Å². The molecule has 2 aliphatic rings. The van der Waals surface area contributed by atoms with Gasteiger partial charge in [-0.2, -0.15) is 0 Å². The van der Waals surface area contributed by atoms with Crippen molar-refractivity contribution in [1.29, 1.82) is 0 Å². The van der Waals surface area contributed by atoms with E-state index in [2.05, 4.69) is 0 Å². The Hall–Kier alpha value is -1.98. The van der Waals surface area contributed by atoms with Crippen LogP contribution in [0.2, 0.25) is 0 Å². The number of Topliss-reactive ketones (excluding diaryl/α,β-unsaturated/α-hetero) is 1. The molecule has 0 aromatic heterocycles. The van der Waals surface area contributed by atoms with Gasteiger partial charge in [-0.1, -0.05) is 12.2 Å². The maximum absolute atomic E-state index is 11.9. The van der Waals surface area contributed by atoms with Crippen molar-refractivity contribution in [3.8, 4) is 0 Å². The Morgan fingerprint density at radius 2 is 1.55 bits per heavy atom. The average Bonchev–Trinajstić information content (AvgIpc) is 2.70. The fourth-order valence-electron chi connectivity index (χ4n) is 2.36. The van der Waals surface area contributed by atoms with E-state index in [9.17, 15) is 19.2 Å². The molecule has 0 N–H and O–H groups in total. The molecule has 0 unspecified atom stereocenters. The highest BCUT2D eigenvalue weighted by molar-refractivity contribution is 6.05. The Kier molecular flexibility index (Phi) is 4.65. The number of carbonyl (C=O) groups is 4. The van der Waals surface area contributed by atoms with Crippen molar-refractivity contribution >= 4 is 23.5 Å². The molecule has 0 bridgehead atoms. The molecule has 1 fully saturated rings. The zero-order valence-electron chi connectivity index (χ0n) is 11.3. The van der Waals surface area contributed by atoms with Crippen molar-refractivity contribution in [1.82, 2.24) is 9.80 Å². The van der Waals surface area contributed by atoms with E-state index in [4.69, 9.17) is 0 Å². The topological polar surface area (TPSA) is 74.8 Å². The Morgan fingerprint density at radius 3 is 2.25 bits per heavy atom. The molecule has 2 heterocycles. The average molecular weight is 278 g/mol. The minimum atomic E-state index is -0.301. The number of ketones is 1. The molecule has 108 valence electrons. The SMILES string of the molecule is O=C(CN1CC/C=C/CCC1=O)CN1C(=O)CCC1=O. The van der Waals surface area contributed by atoms with Crippen molar-refractivity contribution in [2.24, 2.45) is 0 Å². The highest BCUT2D eigenvalue weighted by atomic mass is 16.2. The fraction of sp³-hybridized carbons (Fsp3) is 0.571. The molecule has 6 heteroatoms. The smallest absolute Gasteiger partial charge is 0.230 e. The van der Waals surface area contributed by atoms with Gasteiger partial charge in [-0.05, 0) is 12.8 Å². The van der Waals surface area contributed by atoms with Crippen molar-refractivity contribution in [3.63, 3.8) is 0 Å². The highest BCUT2D eigenvalue weighted by Crippen LogP contribution is 2.12. The number of hydrogen-bond acceptors (Lipinski definition) is 4. The Bertz CT molecular complexity index is 454. The summed E-state index contributed by atoms with van der Waals surface area (Å²) in [6.07, 6.45) is 6.13. The molecule has 0 atom stereocenters. The summed E-state index contributed by atoms with van der Waals surface area (Å²) in [6.45, 7) is 0.268. The normalized spacial score (nSPS) is 21.9. The lowest BCUT2D eigenvalue weighted by molar-refractivity contribution is -0.142. The third kappa shape index (κ3) is 3.53. The van der Waals surface area contributed by atoms with Crippen LogP contribution in [0.25, 0.3) is 0 Å². The van der Waals surface area contributed by atoms with Crippen LogP contribution in [0.3, 0.4) is 0 Å². The third-order valence-electron chi connectivity index (χ3n) is 3.47. The first-order valence-electron chi connectivity index (χ1n) is 6.85. The zero-order valence-corrected chi connectivity index (χ0v) is 11.3. The molecule has 1 saturated heterocycles. The largest absolute Gasteiger partial charge is 0.335 e. The van der Waals surface area contributed by atoms with E-state index in [0.717, 1.165) is 11.3 Å². The number of hydrogen-bond donors (Lipinski definition) is 0. The standard InChI is InChI=1S/C14H18N2O4/c17-11(10-16-13(19)6-7-14(16)20)9-15-8-4-2-1-3-5-12(15)18/h1-2H,3-10H2/b2-1+. The van der Waals surface area contributed by atoms with Crippen LogP contribution >= 0.6 is 0 Å². The van der Waals surface area contributed by atoms with E-state index in [1.54, 1.807) is 0 Å². The van der Waals surface area contributed by atoms with E-state index < -0.39 is 0 Å². The first kappa shape index (κ1) is 14.4. The van der Waals surface area contributed by atoms with Crippen LogP contribution in [0.4, 0.5) is 0 Å². The molecule has 6 nitrogen and oxygen atoms in total. The van der Waals surface area contributed by atoms with Gasteiger partial charge in [-0.15, -0.1) is 0 Å². The summed E-state index contributed by atoms with van der Waals surface area (Å²) in [5.41, 5.74) is 0. The molecule has 0 aromatic rings. The lowest BCUT2D eigenvalue weighted by Gasteiger charge is -2.23. The maximum atomic E-state index is 11.9. The monoisotopic (exact) mass is 278 g/mol. The molecule has 2 rings (SSSR count). The van der Waals surface area contributed by atoms with Crippen LogP contribution in [0.5, 0.6) is 0 Å². The minimum absolute atomic E-state index is 0.0241. The van der Waals surface area contributed by atoms with Crippen molar-refractivity contribution in [2.45, 2.75) is 32.1 Å². The molecule has 2 aliphatic heterocycles. The maximum Gasteiger partial charge on any atom is 0.230 e. The number of allylic oxidation sites excluding steroid dienone is 1. The first-order valence-corrected chi connectivity index (χ1v) is 6.85. The second-order valence-corrected chi connectivity index (χ2v) is 5.03. The van der Waals surface area contributed by atoms with Gasteiger partial charge in [0.15, 0.2) is 5.78 Å². The van der Waals surface area contributed by atoms with Crippen LogP contribution in [0.1, 0.15) is 32.1 Å². The van der Waals surface area contributed by atoms with Gasteiger partial charge in [0, 0.05) is 25.8 Å². The second-order valence-electron chi connectivity index (χ2n) is 5.03. The van der Waals surface area contributed by atoms with Gasteiger partial charge in [-0.3, -0.25) is 24.1 Å². The summed E-state index contributed by atoms with van der Waals surface area (Å²) in [4.78, 5) is 49.2. The van der Waals surface area contributed by atoms with Crippen molar-refractivity contribution in [2.75, 3.05) is 19.6 Å². The molecule has 0 radical (unpaired) electrons. The minimum Gasteiger partial charge on any atom is -0.335 e. The highest BCUT2D eigenvalue weighted by Gasteiger charge is 2.31. The predicted octanol–water partition coefficient (Wildman–Crippen LogP) is 0.273.